The number of rotatable bonds is 45. The third kappa shape index (κ3) is 47.4. The van der Waals surface area contributed by atoms with Crippen molar-refractivity contribution in [3.63, 3.8) is 0 Å². The van der Waals surface area contributed by atoms with Crippen LogP contribution < -0.4 is 10.2 Å². The predicted molar refractivity (Wildman–Crippen MR) is 274 cm³/mol. The van der Waals surface area contributed by atoms with Crippen molar-refractivity contribution in [2.24, 2.45) is 0 Å². The molecule has 0 aliphatic rings. The minimum atomic E-state index is -4.56. The van der Waals surface area contributed by atoms with Gasteiger partial charge in [0, 0.05) is 6.42 Å². The topological polar surface area (TPSA) is 108 Å². The number of carbonyl (C=O) groups excluding carboxylic acids is 1. The van der Waals surface area contributed by atoms with Crippen molar-refractivity contribution in [3.8, 4) is 0 Å². The predicted octanol–water partition coefficient (Wildman–Crippen LogP) is 14.5. The first-order chi connectivity index (χ1) is 31.0. The second-order valence-electron chi connectivity index (χ2n) is 18.1. The standard InChI is InChI=1S/C55H97N2O6P/c1-6-8-10-12-14-15-16-17-18-19-20-21-22-23-24-25-26-27-28-29-30-31-32-33-34-35-36-37-38-39-40-41-43-45-47-49-55(59)56-53(54(58)48-46-44-42-13-11-9-7-2)52-63-64(60,61)62-51-50-57(3,4)5/h8,10,14-15,17-18,20-21,23-24,26-27,29-30,32-33,53-54,58H,6-7,9,11-13,16,19,22,25,28,31,34-52H2,1-5H3,(H-,56,59,60,61)/b10-8-,15-14-,18-17-,21-20-,24-23-,27-26-,30-29-,33-32-. The zero-order chi connectivity index (χ0) is 47.1. The highest BCUT2D eigenvalue weighted by Gasteiger charge is 2.24. The number of allylic oxidation sites excluding steroid dienone is 16. The van der Waals surface area contributed by atoms with Crippen LogP contribution in [0.25, 0.3) is 0 Å². The van der Waals surface area contributed by atoms with Crippen molar-refractivity contribution in [3.05, 3.63) is 97.2 Å². The second kappa shape index (κ2) is 45.6. The summed E-state index contributed by atoms with van der Waals surface area (Å²) in [5, 5.41) is 13.8. The number of likely N-dealkylation sites (N-methyl/N-ethyl adjacent to an activating group) is 1. The van der Waals surface area contributed by atoms with Gasteiger partial charge in [-0.1, -0.05) is 207 Å². The van der Waals surface area contributed by atoms with E-state index in [4.69, 9.17) is 9.05 Å². The van der Waals surface area contributed by atoms with Gasteiger partial charge in [0.2, 0.25) is 5.91 Å². The zero-order valence-corrected chi connectivity index (χ0v) is 42.6. The largest absolute Gasteiger partial charge is 0.756 e. The molecule has 0 aliphatic heterocycles. The lowest BCUT2D eigenvalue weighted by molar-refractivity contribution is -0.870. The van der Waals surface area contributed by atoms with Crippen LogP contribution in [0.4, 0.5) is 0 Å². The van der Waals surface area contributed by atoms with Crippen molar-refractivity contribution in [2.45, 2.75) is 206 Å². The summed E-state index contributed by atoms with van der Waals surface area (Å²) in [6, 6.07) is -0.805. The van der Waals surface area contributed by atoms with Gasteiger partial charge in [-0.05, 0) is 77.0 Å². The number of aliphatic hydroxyl groups is 1. The third-order valence-electron chi connectivity index (χ3n) is 10.8. The molecule has 0 aliphatic carbocycles. The normalized spacial score (nSPS) is 14.9. The lowest BCUT2D eigenvalue weighted by Crippen LogP contribution is -2.46. The molecule has 0 aromatic rings. The molecule has 0 aromatic carbocycles. The minimum absolute atomic E-state index is 0.00644. The van der Waals surface area contributed by atoms with Crippen LogP contribution in [-0.2, 0) is 18.4 Å². The van der Waals surface area contributed by atoms with Crippen LogP contribution in [0, 0.1) is 0 Å². The van der Waals surface area contributed by atoms with E-state index in [1.165, 1.54) is 70.6 Å². The molecule has 2 N–H and O–H groups in total. The fourth-order valence-electron chi connectivity index (χ4n) is 6.82. The molecule has 0 radical (unpaired) electrons. The fraction of sp³-hybridized carbons (Fsp3) is 0.691. The summed E-state index contributed by atoms with van der Waals surface area (Å²) in [7, 11) is 1.28. The highest BCUT2D eigenvalue weighted by molar-refractivity contribution is 7.45. The summed E-state index contributed by atoms with van der Waals surface area (Å²) >= 11 is 0. The highest BCUT2D eigenvalue weighted by atomic mass is 31.2. The van der Waals surface area contributed by atoms with E-state index in [9.17, 15) is 19.4 Å². The lowest BCUT2D eigenvalue weighted by Gasteiger charge is -2.30. The van der Waals surface area contributed by atoms with E-state index in [-0.39, 0.29) is 19.1 Å². The summed E-state index contributed by atoms with van der Waals surface area (Å²) in [6.45, 7) is 4.53. The van der Waals surface area contributed by atoms with Crippen LogP contribution >= 0.6 is 7.82 Å². The maximum absolute atomic E-state index is 12.8. The number of hydrogen-bond acceptors (Lipinski definition) is 6. The lowest BCUT2D eigenvalue weighted by atomic mass is 10.0. The molecule has 0 bridgehead atoms. The SMILES string of the molecule is CC/C=C\C/C=C\C/C=C\C/C=C\C/C=C\C/C=C\C/C=C\C/C=C\CCCCCCCCCCCCC(=O)NC(COP(=O)([O-])OCC[N+](C)(C)C)C(O)CCCCCCCCC. The average Bonchev–Trinajstić information content (AvgIpc) is 3.25. The van der Waals surface area contributed by atoms with E-state index in [1.54, 1.807) is 0 Å². The molecule has 0 heterocycles. The molecule has 64 heavy (non-hydrogen) atoms. The number of hydrogen-bond donors (Lipinski definition) is 2. The van der Waals surface area contributed by atoms with Gasteiger partial charge in [-0.15, -0.1) is 0 Å². The third-order valence-corrected chi connectivity index (χ3v) is 11.8. The Balaban J connectivity index is 4.00. The highest BCUT2D eigenvalue weighted by Crippen LogP contribution is 2.38. The van der Waals surface area contributed by atoms with E-state index >= 15 is 0 Å². The molecule has 0 aromatic heterocycles. The van der Waals surface area contributed by atoms with Gasteiger partial charge < -0.3 is 28.8 Å². The average molecular weight is 913 g/mol. The summed E-state index contributed by atoms with van der Waals surface area (Å²) in [6.07, 6.45) is 64.6. The maximum atomic E-state index is 12.8. The quantitative estimate of drug-likeness (QED) is 0.0273. The van der Waals surface area contributed by atoms with Gasteiger partial charge >= 0.3 is 0 Å². The molecule has 0 saturated carbocycles. The Bertz CT molecular complexity index is 1360. The number of unbranched alkanes of at least 4 members (excludes halogenated alkanes) is 16. The number of carbonyl (C=O) groups is 1. The Labute approximate surface area is 394 Å². The Hall–Kier alpha value is -2.58. The molecular weight excluding hydrogens is 816 g/mol. The number of quaternary nitrogens is 1. The molecule has 3 atom stereocenters. The summed E-state index contributed by atoms with van der Waals surface area (Å²) in [4.78, 5) is 25.3. The van der Waals surface area contributed by atoms with E-state index in [1.807, 2.05) is 21.1 Å². The molecule has 3 unspecified atom stereocenters. The first kappa shape index (κ1) is 61.4. The molecule has 0 spiro atoms. The van der Waals surface area contributed by atoms with E-state index in [0.717, 1.165) is 96.3 Å². The number of phosphoric ester groups is 1. The van der Waals surface area contributed by atoms with Crippen molar-refractivity contribution in [2.75, 3.05) is 40.9 Å². The van der Waals surface area contributed by atoms with Crippen molar-refractivity contribution in [1.82, 2.24) is 5.32 Å². The number of phosphoric acid groups is 1. The maximum Gasteiger partial charge on any atom is 0.268 e. The summed E-state index contributed by atoms with van der Waals surface area (Å²) in [5.74, 6) is -0.179. The minimum Gasteiger partial charge on any atom is -0.756 e. The summed E-state index contributed by atoms with van der Waals surface area (Å²) in [5.41, 5.74) is 0. The zero-order valence-electron chi connectivity index (χ0n) is 41.7. The van der Waals surface area contributed by atoms with Gasteiger partial charge in [0.1, 0.15) is 13.2 Å². The number of amides is 1. The molecule has 0 saturated heterocycles. The van der Waals surface area contributed by atoms with Gasteiger partial charge in [0.25, 0.3) is 7.82 Å². The smallest absolute Gasteiger partial charge is 0.268 e. The van der Waals surface area contributed by atoms with Gasteiger partial charge in [-0.3, -0.25) is 9.36 Å². The Morgan fingerprint density at radius 3 is 1.39 bits per heavy atom. The van der Waals surface area contributed by atoms with Crippen LogP contribution in [0.5, 0.6) is 0 Å². The van der Waals surface area contributed by atoms with Crippen molar-refractivity contribution < 1.29 is 32.9 Å². The Morgan fingerprint density at radius 1 is 0.562 bits per heavy atom. The fourth-order valence-corrected chi connectivity index (χ4v) is 7.54. The van der Waals surface area contributed by atoms with Gasteiger partial charge in [0.15, 0.2) is 0 Å². The molecule has 9 heteroatoms. The molecule has 0 rings (SSSR count). The van der Waals surface area contributed by atoms with Crippen LogP contribution in [0.3, 0.4) is 0 Å². The van der Waals surface area contributed by atoms with Crippen molar-refractivity contribution in [1.29, 1.82) is 0 Å². The second-order valence-corrected chi connectivity index (χ2v) is 19.6. The van der Waals surface area contributed by atoms with E-state index < -0.39 is 20.0 Å². The van der Waals surface area contributed by atoms with E-state index in [2.05, 4.69) is 116 Å². The van der Waals surface area contributed by atoms with Crippen LogP contribution in [0.2, 0.25) is 0 Å². The number of nitrogens with zero attached hydrogens (tertiary/aromatic N) is 1. The van der Waals surface area contributed by atoms with Crippen LogP contribution in [0.15, 0.2) is 97.2 Å². The molecule has 0 fully saturated rings. The van der Waals surface area contributed by atoms with Gasteiger partial charge in [-0.25, -0.2) is 0 Å². The van der Waals surface area contributed by atoms with Gasteiger partial charge in [-0.2, -0.15) is 0 Å². The number of aliphatic hydroxyl groups excluding tert-OH is 1. The molecular formula is C55H97N2O6P. The first-order valence-corrected chi connectivity index (χ1v) is 27.0. The van der Waals surface area contributed by atoms with Crippen LogP contribution in [-0.4, -0.2) is 68.5 Å². The molecule has 368 valence electrons. The van der Waals surface area contributed by atoms with E-state index in [0.29, 0.717) is 23.9 Å². The summed E-state index contributed by atoms with van der Waals surface area (Å²) < 4.78 is 23.2. The first-order valence-electron chi connectivity index (χ1n) is 25.6. The van der Waals surface area contributed by atoms with Crippen LogP contribution in [0.1, 0.15) is 194 Å². The van der Waals surface area contributed by atoms with Gasteiger partial charge in [0.05, 0.1) is 39.9 Å². The Morgan fingerprint density at radius 2 is 0.953 bits per heavy atom. The number of nitrogens with one attached hydrogen (secondary N) is 1. The molecule has 1 amide bonds. The molecule has 8 nitrogen and oxygen atoms in total. The Kier molecular flexibility index (Phi) is 43.7. The monoisotopic (exact) mass is 913 g/mol. The van der Waals surface area contributed by atoms with Crippen molar-refractivity contribution >= 4 is 13.7 Å².